The second-order valence-electron chi connectivity index (χ2n) is 9.11. The first-order valence-electron chi connectivity index (χ1n) is 10.7. The fourth-order valence-corrected chi connectivity index (χ4v) is 4.32. The SMILES string of the molecule is C[C@@H](C(=O)NC(C)(C)C)N(Cc1cccc(Cl)c1)C(=O)CN(c1cccc([N+](=O)[O-])c1)S(C)(=O)=O. The van der Waals surface area contributed by atoms with Gasteiger partial charge in [0, 0.05) is 29.2 Å². The number of anilines is 1. The Kier molecular flexibility index (Phi) is 8.85. The highest BCUT2D eigenvalue weighted by Gasteiger charge is 2.31. The molecule has 0 aromatic heterocycles. The van der Waals surface area contributed by atoms with Crippen molar-refractivity contribution in [3.05, 3.63) is 69.2 Å². The van der Waals surface area contributed by atoms with E-state index in [9.17, 15) is 28.1 Å². The highest BCUT2D eigenvalue weighted by Crippen LogP contribution is 2.24. The molecule has 0 fully saturated rings. The van der Waals surface area contributed by atoms with Gasteiger partial charge in [-0.1, -0.05) is 29.8 Å². The van der Waals surface area contributed by atoms with E-state index in [1.165, 1.54) is 23.1 Å². The van der Waals surface area contributed by atoms with Crippen molar-refractivity contribution in [2.24, 2.45) is 0 Å². The molecule has 0 aliphatic rings. The second-order valence-corrected chi connectivity index (χ2v) is 11.5. The first-order chi connectivity index (χ1) is 16.1. The van der Waals surface area contributed by atoms with Crippen LogP contribution in [0, 0.1) is 10.1 Å². The van der Waals surface area contributed by atoms with Gasteiger partial charge in [-0.25, -0.2) is 8.42 Å². The molecule has 0 heterocycles. The summed E-state index contributed by atoms with van der Waals surface area (Å²) in [6.07, 6.45) is 0.899. The van der Waals surface area contributed by atoms with E-state index in [4.69, 9.17) is 11.6 Å². The van der Waals surface area contributed by atoms with Crippen LogP contribution in [-0.4, -0.2) is 54.4 Å². The molecule has 35 heavy (non-hydrogen) atoms. The number of nitrogens with one attached hydrogen (secondary N) is 1. The van der Waals surface area contributed by atoms with Gasteiger partial charge in [0.1, 0.15) is 12.6 Å². The number of halogens is 1. The van der Waals surface area contributed by atoms with E-state index < -0.39 is 44.9 Å². The number of rotatable bonds is 9. The van der Waals surface area contributed by atoms with E-state index >= 15 is 0 Å². The Labute approximate surface area is 210 Å². The van der Waals surface area contributed by atoms with Crippen molar-refractivity contribution in [1.29, 1.82) is 0 Å². The molecule has 2 aromatic rings. The van der Waals surface area contributed by atoms with Gasteiger partial charge in [0.25, 0.3) is 5.69 Å². The number of nitro groups is 1. The van der Waals surface area contributed by atoms with E-state index in [1.54, 1.807) is 52.0 Å². The third-order valence-electron chi connectivity index (χ3n) is 4.92. The summed E-state index contributed by atoms with van der Waals surface area (Å²) in [5.41, 5.74) is -0.276. The number of amides is 2. The number of non-ortho nitro benzene ring substituents is 1. The monoisotopic (exact) mass is 524 g/mol. The summed E-state index contributed by atoms with van der Waals surface area (Å²) in [6.45, 7) is 6.28. The topological polar surface area (TPSA) is 130 Å². The lowest BCUT2D eigenvalue weighted by atomic mass is 10.1. The quantitative estimate of drug-likeness (QED) is 0.395. The molecular formula is C23H29ClN4O6S. The molecule has 0 unspecified atom stereocenters. The minimum Gasteiger partial charge on any atom is -0.350 e. The summed E-state index contributed by atoms with van der Waals surface area (Å²) in [5.74, 6) is -1.09. The van der Waals surface area contributed by atoms with Crippen molar-refractivity contribution in [2.45, 2.75) is 45.8 Å². The van der Waals surface area contributed by atoms with Gasteiger partial charge < -0.3 is 10.2 Å². The van der Waals surface area contributed by atoms with Crippen molar-refractivity contribution >= 4 is 44.8 Å². The lowest BCUT2D eigenvalue weighted by Crippen LogP contribution is -2.54. The van der Waals surface area contributed by atoms with Gasteiger partial charge in [-0.3, -0.25) is 24.0 Å². The van der Waals surface area contributed by atoms with Crippen LogP contribution >= 0.6 is 11.6 Å². The highest BCUT2D eigenvalue weighted by molar-refractivity contribution is 7.92. The molecule has 0 aliphatic heterocycles. The van der Waals surface area contributed by atoms with Crippen molar-refractivity contribution < 1.29 is 22.9 Å². The summed E-state index contributed by atoms with van der Waals surface area (Å²) in [7, 11) is -4.00. The van der Waals surface area contributed by atoms with Crippen LogP contribution in [0.15, 0.2) is 48.5 Å². The molecule has 1 N–H and O–H groups in total. The van der Waals surface area contributed by atoms with Crippen LogP contribution < -0.4 is 9.62 Å². The molecule has 0 saturated heterocycles. The average Bonchev–Trinajstić information content (AvgIpc) is 2.73. The maximum absolute atomic E-state index is 13.5. The van der Waals surface area contributed by atoms with Crippen molar-refractivity contribution in [3.8, 4) is 0 Å². The number of hydrogen-bond donors (Lipinski definition) is 1. The standard InChI is InChI=1S/C23H29ClN4O6S/c1-16(22(30)25-23(2,3)4)26(14-17-8-6-9-18(24)12-17)21(29)15-27(35(5,33)34)19-10-7-11-20(13-19)28(31)32/h6-13,16H,14-15H2,1-5H3,(H,25,30)/t16-/m0/s1. The molecule has 12 heteroatoms. The Hall–Kier alpha value is -3.18. The lowest BCUT2D eigenvalue weighted by molar-refractivity contribution is -0.384. The summed E-state index contributed by atoms with van der Waals surface area (Å²) < 4.78 is 25.9. The van der Waals surface area contributed by atoms with Gasteiger partial charge in [0.05, 0.1) is 16.9 Å². The van der Waals surface area contributed by atoms with Gasteiger partial charge in [-0.2, -0.15) is 0 Å². The third kappa shape index (κ3) is 8.22. The van der Waals surface area contributed by atoms with Gasteiger partial charge in [-0.05, 0) is 51.5 Å². The second kappa shape index (κ2) is 11.0. The van der Waals surface area contributed by atoms with Crippen molar-refractivity contribution in [3.63, 3.8) is 0 Å². The summed E-state index contributed by atoms with van der Waals surface area (Å²) in [4.78, 5) is 38.1. The zero-order valence-electron chi connectivity index (χ0n) is 20.2. The fourth-order valence-electron chi connectivity index (χ4n) is 3.26. The largest absolute Gasteiger partial charge is 0.350 e. The number of nitro benzene ring substituents is 1. The minimum atomic E-state index is -4.00. The van der Waals surface area contributed by atoms with Crippen LogP contribution in [0.4, 0.5) is 11.4 Å². The number of nitrogens with zero attached hydrogens (tertiary/aromatic N) is 3. The van der Waals surface area contributed by atoms with Crippen LogP contribution in [0.2, 0.25) is 5.02 Å². The zero-order chi connectivity index (χ0) is 26.6. The molecular weight excluding hydrogens is 496 g/mol. The van der Waals surface area contributed by atoms with E-state index in [1.807, 2.05) is 0 Å². The van der Waals surface area contributed by atoms with Gasteiger partial charge in [-0.15, -0.1) is 0 Å². The molecule has 0 bridgehead atoms. The maximum Gasteiger partial charge on any atom is 0.271 e. The first-order valence-corrected chi connectivity index (χ1v) is 12.9. The summed E-state index contributed by atoms with van der Waals surface area (Å²) in [6, 6.07) is 10.8. The molecule has 10 nitrogen and oxygen atoms in total. The van der Waals surface area contributed by atoms with Crippen LogP contribution in [0.5, 0.6) is 0 Å². The zero-order valence-corrected chi connectivity index (χ0v) is 21.8. The molecule has 2 aromatic carbocycles. The normalized spacial score (nSPS) is 12.5. The molecule has 2 amide bonds. The van der Waals surface area contributed by atoms with E-state index in [2.05, 4.69) is 5.32 Å². The van der Waals surface area contributed by atoms with Crippen LogP contribution in [0.3, 0.4) is 0 Å². The molecule has 2 rings (SSSR count). The number of carbonyl (C=O) groups excluding carboxylic acids is 2. The summed E-state index contributed by atoms with van der Waals surface area (Å²) >= 11 is 6.08. The first kappa shape index (κ1) is 28.1. The molecule has 0 aliphatic carbocycles. The maximum atomic E-state index is 13.5. The van der Waals surface area contributed by atoms with Crippen LogP contribution in [-0.2, 0) is 26.2 Å². The number of carbonyl (C=O) groups is 2. The Morgan fingerprint density at radius 1 is 1.14 bits per heavy atom. The van der Waals surface area contributed by atoms with Gasteiger partial charge in [0.2, 0.25) is 21.8 Å². The molecule has 0 saturated carbocycles. The predicted molar refractivity (Wildman–Crippen MR) is 135 cm³/mol. The fraction of sp³-hybridized carbons (Fsp3) is 0.391. The van der Waals surface area contributed by atoms with E-state index in [0.717, 1.165) is 16.6 Å². The average molecular weight is 525 g/mol. The number of benzene rings is 2. The van der Waals surface area contributed by atoms with Crippen molar-refractivity contribution in [2.75, 3.05) is 17.1 Å². The molecule has 1 atom stereocenters. The van der Waals surface area contributed by atoms with Gasteiger partial charge in [0.15, 0.2) is 0 Å². The van der Waals surface area contributed by atoms with Crippen LogP contribution in [0.25, 0.3) is 0 Å². The molecule has 190 valence electrons. The molecule has 0 spiro atoms. The smallest absolute Gasteiger partial charge is 0.271 e. The van der Waals surface area contributed by atoms with Gasteiger partial charge >= 0.3 is 0 Å². The third-order valence-corrected chi connectivity index (χ3v) is 6.29. The Morgan fingerprint density at radius 2 is 1.77 bits per heavy atom. The minimum absolute atomic E-state index is 0.00926. The Bertz CT molecular complexity index is 1210. The van der Waals surface area contributed by atoms with E-state index in [-0.39, 0.29) is 17.9 Å². The predicted octanol–water partition coefficient (Wildman–Crippen LogP) is 3.35. The molecule has 0 radical (unpaired) electrons. The van der Waals surface area contributed by atoms with E-state index in [0.29, 0.717) is 10.6 Å². The number of hydrogen-bond acceptors (Lipinski definition) is 6. The Morgan fingerprint density at radius 3 is 2.31 bits per heavy atom. The highest BCUT2D eigenvalue weighted by atomic mass is 35.5. The lowest BCUT2D eigenvalue weighted by Gasteiger charge is -2.33. The number of sulfonamides is 1. The van der Waals surface area contributed by atoms with Crippen molar-refractivity contribution in [1.82, 2.24) is 10.2 Å². The summed E-state index contributed by atoms with van der Waals surface area (Å²) in [5, 5.41) is 14.4. The van der Waals surface area contributed by atoms with Crippen LogP contribution in [0.1, 0.15) is 33.3 Å². The Balaban J connectivity index is 2.45.